The Kier molecular flexibility index (Phi) is 5.05. The average molecular weight is 435 g/mol. The largest absolute Gasteiger partial charge is 0.294 e. The third-order valence-electron chi connectivity index (χ3n) is 5.35. The maximum absolute atomic E-state index is 12.8. The van der Waals surface area contributed by atoms with Crippen LogP contribution in [0.4, 0.5) is 0 Å². The van der Waals surface area contributed by atoms with Crippen molar-refractivity contribution in [2.24, 2.45) is 0 Å². The lowest BCUT2D eigenvalue weighted by Gasteiger charge is -2.23. The van der Waals surface area contributed by atoms with E-state index in [4.69, 9.17) is 11.6 Å². The quantitative estimate of drug-likeness (QED) is 0.408. The van der Waals surface area contributed by atoms with Gasteiger partial charge in [0.25, 0.3) is 5.78 Å². The van der Waals surface area contributed by atoms with E-state index in [0.717, 1.165) is 17.0 Å². The summed E-state index contributed by atoms with van der Waals surface area (Å²) in [7, 11) is 0. The average Bonchev–Trinajstić information content (AvgIpc) is 3.13. The molecule has 0 bridgehead atoms. The number of aryl methyl sites for hydroxylation is 1. The molecule has 0 fully saturated rings. The first-order valence-corrected chi connectivity index (χ1v) is 11.1. The van der Waals surface area contributed by atoms with Crippen LogP contribution in [0.3, 0.4) is 0 Å². The number of carbonyl (C=O) groups is 1. The zero-order valence-electron chi connectivity index (χ0n) is 16.4. The Morgan fingerprint density at radius 3 is 2.77 bits per heavy atom. The molecule has 5 rings (SSSR count). The van der Waals surface area contributed by atoms with E-state index in [1.54, 1.807) is 22.5 Å². The van der Waals surface area contributed by atoms with Gasteiger partial charge in [0.2, 0.25) is 5.16 Å². The van der Waals surface area contributed by atoms with Crippen LogP contribution in [0.1, 0.15) is 45.1 Å². The van der Waals surface area contributed by atoms with Gasteiger partial charge in [-0.15, -0.1) is 5.10 Å². The van der Waals surface area contributed by atoms with Gasteiger partial charge in [-0.3, -0.25) is 4.79 Å². The topological polar surface area (TPSA) is 60.1 Å². The highest BCUT2D eigenvalue weighted by Gasteiger charge is 2.28. The number of hydrogen-bond donors (Lipinski definition) is 0. The van der Waals surface area contributed by atoms with Crippen LogP contribution in [-0.4, -0.2) is 25.4 Å². The Hall–Kier alpha value is -2.70. The highest BCUT2D eigenvalue weighted by Crippen LogP contribution is 2.32. The van der Waals surface area contributed by atoms with Crippen LogP contribution in [0.5, 0.6) is 0 Å². The second-order valence-corrected chi connectivity index (χ2v) is 8.98. The van der Waals surface area contributed by atoms with Crippen molar-refractivity contribution in [3.8, 4) is 0 Å². The van der Waals surface area contributed by atoms with Crippen molar-refractivity contribution in [3.63, 3.8) is 0 Å². The number of benzene rings is 2. The number of aromatic nitrogens is 4. The van der Waals surface area contributed by atoms with Crippen LogP contribution in [-0.2, 0) is 12.2 Å². The first-order chi connectivity index (χ1) is 14.5. The van der Waals surface area contributed by atoms with E-state index in [0.29, 0.717) is 34.4 Å². The molecule has 0 saturated heterocycles. The number of hydrogen-bond acceptors (Lipinski definition) is 5. The van der Waals surface area contributed by atoms with Crippen LogP contribution in [0.15, 0.2) is 59.9 Å². The van der Waals surface area contributed by atoms with Gasteiger partial charge in [-0.25, -0.2) is 9.50 Å². The van der Waals surface area contributed by atoms with Crippen LogP contribution < -0.4 is 0 Å². The Bertz CT molecular complexity index is 1250. The molecule has 0 amide bonds. The zero-order valence-corrected chi connectivity index (χ0v) is 18.0. The molecule has 7 heteroatoms. The Labute approximate surface area is 183 Å². The Balaban J connectivity index is 1.40. The standard InChI is InChI=1S/C23H19ClN4OS/c1-14-3-2-4-15(9-14)13-30-23-26-22-25-20-10-17(16-5-7-18(24)8-6-16)11-21(29)19(20)12-28(22)27-23/h2-9,12,17H,10-11,13H2,1H3. The first-order valence-electron chi connectivity index (χ1n) is 9.78. The minimum atomic E-state index is 0.0927. The van der Waals surface area contributed by atoms with Gasteiger partial charge in [0.1, 0.15) is 0 Å². The van der Waals surface area contributed by atoms with Gasteiger partial charge in [-0.05, 0) is 42.5 Å². The summed E-state index contributed by atoms with van der Waals surface area (Å²) < 4.78 is 1.62. The number of nitrogens with zero attached hydrogens (tertiary/aromatic N) is 4. The van der Waals surface area contributed by atoms with E-state index in [2.05, 4.69) is 46.3 Å². The summed E-state index contributed by atoms with van der Waals surface area (Å²) in [6.45, 7) is 2.08. The number of carbonyl (C=O) groups excluding carboxylic acids is 1. The fourth-order valence-electron chi connectivity index (χ4n) is 3.85. The molecule has 0 aliphatic heterocycles. The molecule has 0 N–H and O–H groups in total. The lowest BCUT2D eigenvalue weighted by Crippen LogP contribution is -2.21. The van der Waals surface area contributed by atoms with Crippen molar-refractivity contribution >= 4 is 34.9 Å². The maximum Gasteiger partial charge on any atom is 0.253 e. The molecular formula is C23H19ClN4OS. The minimum absolute atomic E-state index is 0.0927. The molecule has 0 spiro atoms. The van der Waals surface area contributed by atoms with Crippen molar-refractivity contribution < 1.29 is 4.79 Å². The molecule has 4 aromatic rings. The van der Waals surface area contributed by atoms with Crippen LogP contribution >= 0.6 is 23.4 Å². The fourth-order valence-corrected chi connectivity index (χ4v) is 4.74. The summed E-state index contributed by atoms with van der Waals surface area (Å²) in [6, 6.07) is 16.1. The van der Waals surface area contributed by atoms with Gasteiger partial charge in [-0.2, -0.15) is 4.98 Å². The summed E-state index contributed by atoms with van der Waals surface area (Å²) in [5.41, 5.74) is 5.01. The molecule has 30 heavy (non-hydrogen) atoms. The molecule has 5 nitrogen and oxygen atoms in total. The number of ketones is 1. The second kappa shape index (κ2) is 7.85. The van der Waals surface area contributed by atoms with Crippen LogP contribution in [0.25, 0.3) is 5.78 Å². The van der Waals surface area contributed by atoms with Gasteiger partial charge in [0, 0.05) is 23.4 Å². The molecule has 2 heterocycles. The third-order valence-corrected chi connectivity index (χ3v) is 6.52. The predicted octanol–water partition coefficient (Wildman–Crippen LogP) is 5.29. The van der Waals surface area contributed by atoms with Crippen molar-refractivity contribution in [2.45, 2.75) is 36.6 Å². The molecule has 150 valence electrons. The molecular weight excluding hydrogens is 416 g/mol. The summed E-state index contributed by atoms with van der Waals surface area (Å²) in [5, 5.41) is 5.87. The molecule has 1 aliphatic rings. The van der Waals surface area contributed by atoms with E-state index in [1.807, 2.05) is 24.3 Å². The maximum atomic E-state index is 12.8. The summed E-state index contributed by atoms with van der Waals surface area (Å²) >= 11 is 7.57. The zero-order chi connectivity index (χ0) is 20.7. The SMILES string of the molecule is Cc1cccc(CSc2nc3nc4c(cn3n2)C(=O)CC(c2ccc(Cl)cc2)C4)c1. The highest BCUT2D eigenvalue weighted by atomic mass is 35.5. The Morgan fingerprint density at radius 2 is 1.97 bits per heavy atom. The second-order valence-electron chi connectivity index (χ2n) is 7.60. The van der Waals surface area contributed by atoms with E-state index >= 15 is 0 Å². The summed E-state index contributed by atoms with van der Waals surface area (Å²) in [4.78, 5) is 22.0. The lowest BCUT2D eigenvalue weighted by molar-refractivity contribution is 0.0962. The monoisotopic (exact) mass is 434 g/mol. The minimum Gasteiger partial charge on any atom is -0.294 e. The number of Topliss-reactive ketones (excluding diaryl/α,β-unsaturated/α-hetero) is 1. The van der Waals surface area contributed by atoms with Gasteiger partial charge in [0.15, 0.2) is 5.78 Å². The van der Waals surface area contributed by atoms with Crippen molar-refractivity contribution in [1.82, 2.24) is 19.6 Å². The lowest BCUT2D eigenvalue weighted by atomic mass is 9.82. The molecule has 0 radical (unpaired) electrons. The van der Waals surface area contributed by atoms with E-state index in [-0.39, 0.29) is 11.7 Å². The fraction of sp³-hybridized carbons (Fsp3) is 0.217. The van der Waals surface area contributed by atoms with Crippen molar-refractivity contribution in [3.05, 3.63) is 87.7 Å². The summed E-state index contributed by atoms with van der Waals surface area (Å²) in [5.74, 6) is 1.52. The number of halogens is 1. The van der Waals surface area contributed by atoms with Crippen LogP contribution in [0, 0.1) is 6.92 Å². The smallest absolute Gasteiger partial charge is 0.253 e. The van der Waals surface area contributed by atoms with Gasteiger partial charge < -0.3 is 0 Å². The normalized spacial score (nSPS) is 16.1. The van der Waals surface area contributed by atoms with Gasteiger partial charge in [-0.1, -0.05) is 65.3 Å². The number of thioether (sulfide) groups is 1. The number of fused-ring (bicyclic) bond motifs is 2. The van der Waals surface area contributed by atoms with E-state index < -0.39 is 0 Å². The molecule has 1 unspecified atom stereocenters. The number of rotatable bonds is 4. The predicted molar refractivity (Wildman–Crippen MR) is 118 cm³/mol. The highest BCUT2D eigenvalue weighted by molar-refractivity contribution is 7.98. The molecule has 1 aliphatic carbocycles. The van der Waals surface area contributed by atoms with Crippen molar-refractivity contribution in [1.29, 1.82) is 0 Å². The molecule has 2 aromatic heterocycles. The van der Waals surface area contributed by atoms with Gasteiger partial charge in [0.05, 0.1) is 11.3 Å². The van der Waals surface area contributed by atoms with Gasteiger partial charge >= 0.3 is 0 Å². The third kappa shape index (κ3) is 3.85. The van der Waals surface area contributed by atoms with E-state index in [1.165, 1.54) is 11.1 Å². The molecule has 1 atom stereocenters. The summed E-state index contributed by atoms with van der Waals surface area (Å²) in [6.07, 6.45) is 2.95. The van der Waals surface area contributed by atoms with Crippen LogP contribution in [0.2, 0.25) is 5.02 Å². The van der Waals surface area contributed by atoms with Crippen molar-refractivity contribution in [2.75, 3.05) is 0 Å². The molecule has 2 aromatic carbocycles. The first kappa shape index (κ1) is 19.3. The Morgan fingerprint density at radius 1 is 1.13 bits per heavy atom. The van der Waals surface area contributed by atoms with E-state index in [9.17, 15) is 4.79 Å². The molecule has 0 saturated carbocycles.